The number of furan rings is 1. The molecule has 6 heteroatoms. The van der Waals surface area contributed by atoms with Gasteiger partial charge in [0.2, 0.25) is 5.91 Å². The standard InChI is InChI=1S/C17H21N3O3/c1-11-13-6-2-3-7-14(13)23-15(11)9-19-16(21)12-5-4-8-20(10-12)17(18)22/h2-3,6-7,12H,4-5,8-10H2,1H3,(H2,18,22)(H,19,21)/t12-/m0/s1. The first kappa shape index (κ1) is 15.4. The number of likely N-dealkylation sites (tertiary alicyclic amines) is 1. The zero-order chi connectivity index (χ0) is 16.4. The van der Waals surface area contributed by atoms with Crippen LogP contribution >= 0.6 is 0 Å². The summed E-state index contributed by atoms with van der Waals surface area (Å²) in [6.45, 7) is 3.36. The molecule has 6 nitrogen and oxygen atoms in total. The highest BCUT2D eigenvalue weighted by Gasteiger charge is 2.27. The molecule has 2 aromatic rings. The Bertz CT molecular complexity index is 738. The molecule has 0 aliphatic carbocycles. The van der Waals surface area contributed by atoms with Crippen molar-refractivity contribution >= 4 is 22.9 Å². The average Bonchev–Trinajstić information content (AvgIpc) is 2.89. The van der Waals surface area contributed by atoms with E-state index in [0.717, 1.165) is 35.1 Å². The number of benzene rings is 1. The summed E-state index contributed by atoms with van der Waals surface area (Å²) in [6, 6.07) is 7.35. The minimum atomic E-state index is -0.462. The number of nitrogens with two attached hydrogens (primary N) is 1. The Kier molecular flexibility index (Phi) is 4.23. The van der Waals surface area contributed by atoms with Crippen molar-refractivity contribution in [3.63, 3.8) is 0 Å². The minimum absolute atomic E-state index is 0.0594. The van der Waals surface area contributed by atoms with Crippen LogP contribution in [-0.4, -0.2) is 29.9 Å². The maximum atomic E-state index is 12.3. The molecule has 1 aliphatic rings. The number of carbonyl (C=O) groups is 2. The number of carbonyl (C=O) groups excluding carboxylic acids is 2. The highest BCUT2D eigenvalue weighted by Crippen LogP contribution is 2.25. The molecule has 0 saturated carbocycles. The van der Waals surface area contributed by atoms with Crippen molar-refractivity contribution in [2.24, 2.45) is 11.7 Å². The lowest BCUT2D eigenvalue weighted by Crippen LogP contribution is -2.47. The van der Waals surface area contributed by atoms with Gasteiger partial charge in [0, 0.05) is 24.0 Å². The number of fused-ring (bicyclic) bond motifs is 1. The SMILES string of the molecule is Cc1c(CNC(=O)[C@H]2CCCN(C(N)=O)C2)oc2ccccc12. The fraction of sp³-hybridized carbons (Fsp3) is 0.412. The van der Waals surface area contributed by atoms with Gasteiger partial charge in [0.1, 0.15) is 11.3 Å². The monoisotopic (exact) mass is 315 g/mol. The molecule has 2 heterocycles. The second kappa shape index (κ2) is 6.32. The Balaban J connectivity index is 1.64. The number of urea groups is 1. The summed E-state index contributed by atoms with van der Waals surface area (Å²) in [5.74, 6) is 0.499. The van der Waals surface area contributed by atoms with E-state index in [4.69, 9.17) is 10.2 Å². The van der Waals surface area contributed by atoms with Gasteiger partial charge in [-0.1, -0.05) is 18.2 Å². The lowest BCUT2D eigenvalue weighted by molar-refractivity contribution is -0.126. The average molecular weight is 315 g/mol. The van der Waals surface area contributed by atoms with Crippen LogP contribution in [0.3, 0.4) is 0 Å². The molecular formula is C17H21N3O3. The van der Waals surface area contributed by atoms with E-state index >= 15 is 0 Å². The second-order valence-corrected chi connectivity index (χ2v) is 5.99. The quantitative estimate of drug-likeness (QED) is 0.909. The third kappa shape index (κ3) is 3.16. The molecule has 0 radical (unpaired) electrons. The van der Waals surface area contributed by atoms with Crippen molar-refractivity contribution in [1.29, 1.82) is 0 Å². The molecule has 23 heavy (non-hydrogen) atoms. The first-order valence-corrected chi connectivity index (χ1v) is 7.85. The molecule has 1 atom stereocenters. The number of rotatable bonds is 3. The number of amides is 3. The highest BCUT2D eigenvalue weighted by molar-refractivity contribution is 5.83. The fourth-order valence-electron chi connectivity index (χ4n) is 3.10. The summed E-state index contributed by atoms with van der Waals surface area (Å²) in [5.41, 5.74) is 7.17. The Morgan fingerprint density at radius 1 is 1.39 bits per heavy atom. The Morgan fingerprint density at radius 2 is 2.17 bits per heavy atom. The summed E-state index contributed by atoms with van der Waals surface area (Å²) in [7, 11) is 0. The lowest BCUT2D eigenvalue weighted by Gasteiger charge is -2.30. The van der Waals surface area contributed by atoms with E-state index in [0.29, 0.717) is 19.6 Å². The largest absolute Gasteiger partial charge is 0.459 e. The van der Waals surface area contributed by atoms with Crippen LogP contribution in [0.5, 0.6) is 0 Å². The first-order chi connectivity index (χ1) is 11.1. The van der Waals surface area contributed by atoms with Crippen molar-refractivity contribution in [3.05, 3.63) is 35.6 Å². The van der Waals surface area contributed by atoms with E-state index < -0.39 is 6.03 Å². The minimum Gasteiger partial charge on any atom is -0.459 e. The number of hydrogen-bond acceptors (Lipinski definition) is 3. The smallest absolute Gasteiger partial charge is 0.314 e. The molecule has 1 fully saturated rings. The van der Waals surface area contributed by atoms with Crippen molar-refractivity contribution in [2.75, 3.05) is 13.1 Å². The van der Waals surface area contributed by atoms with Gasteiger partial charge in [-0.25, -0.2) is 4.79 Å². The number of piperidine rings is 1. The summed E-state index contributed by atoms with van der Waals surface area (Å²) in [6.07, 6.45) is 1.57. The van der Waals surface area contributed by atoms with Gasteiger partial charge in [0.15, 0.2) is 0 Å². The molecule has 1 aromatic heterocycles. The molecule has 0 bridgehead atoms. The van der Waals surface area contributed by atoms with Crippen LogP contribution < -0.4 is 11.1 Å². The summed E-state index contributed by atoms with van der Waals surface area (Å²) < 4.78 is 5.80. The first-order valence-electron chi connectivity index (χ1n) is 7.85. The van der Waals surface area contributed by atoms with Crippen LogP contribution in [0, 0.1) is 12.8 Å². The van der Waals surface area contributed by atoms with Gasteiger partial charge in [0.05, 0.1) is 12.5 Å². The van der Waals surface area contributed by atoms with Gasteiger partial charge in [-0.15, -0.1) is 0 Å². The van der Waals surface area contributed by atoms with Crippen LogP contribution in [0.1, 0.15) is 24.2 Å². The number of nitrogens with zero attached hydrogens (tertiary/aromatic N) is 1. The zero-order valence-corrected chi connectivity index (χ0v) is 13.2. The van der Waals surface area contributed by atoms with Crippen LogP contribution in [0.15, 0.2) is 28.7 Å². The Morgan fingerprint density at radius 3 is 2.91 bits per heavy atom. The van der Waals surface area contributed by atoms with E-state index in [9.17, 15) is 9.59 Å². The predicted octanol–water partition coefficient (Wildman–Crippen LogP) is 2.15. The number of aryl methyl sites for hydroxylation is 1. The maximum absolute atomic E-state index is 12.3. The van der Waals surface area contributed by atoms with Crippen LogP contribution in [0.4, 0.5) is 4.79 Å². The molecule has 0 unspecified atom stereocenters. The topological polar surface area (TPSA) is 88.6 Å². The second-order valence-electron chi connectivity index (χ2n) is 5.99. The highest BCUT2D eigenvalue weighted by atomic mass is 16.3. The number of primary amides is 1. The molecule has 3 rings (SSSR count). The number of para-hydroxylation sites is 1. The zero-order valence-electron chi connectivity index (χ0n) is 13.2. The summed E-state index contributed by atoms with van der Waals surface area (Å²) in [5, 5.41) is 3.98. The molecule has 3 amide bonds. The van der Waals surface area contributed by atoms with Crippen LogP contribution in [-0.2, 0) is 11.3 Å². The summed E-state index contributed by atoms with van der Waals surface area (Å²) >= 11 is 0. The predicted molar refractivity (Wildman–Crippen MR) is 86.7 cm³/mol. The molecular weight excluding hydrogens is 294 g/mol. The molecule has 122 valence electrons. The van der Waals surface area contributed by atoms with Gasteiger partial charge in [-0.3, -0.25) is 4.79 Å². The Hall–Kier alpha value is -2.50. The van der Waals surface area contributed by atoms with Crippen LogP contribution in [0.25, 0.3) is 11.0 Å². The van der Waals surface area contributed by atoms with Crippen molar-refractivity contribution in [2.45, 2.75) is 26.3 Å². The lowest BCUT2D eigenvalue weighted by atomic mass is 9.97. The van der Waals surface area contributed by atoms with Gasteiger partial charge in [-0.2, -0.15) is 0 Å². The van der Waals surface area contributed by atoms with Crippen LogP contribution in [0.2, 0.25) is 0 Å². The maximum Gasteiger partial charge on any atom is 0.314 e. The summed E-state index contributed by atoms with van der Waals surface area (Å²) in [4.78, 5) is 25.1. The van der Waals surface area contributed by atoms with E-state index in [1.54, 1.807) is 0 Å². The normalized spacial score (nSPS) is 18.1. The molecule has 1 saturated heterocycles. The number of nitrogens with one attached hydrogen (secondary N) is 1. The molecule has 1 aromatic carbocycles. The Labute approximate surface area is 134 Å². The van der Waals surface area contributed by atoms with E-state index in [1.165, 1.54) is 4.90 Å². The van der Waals surface area contributed by atoms with Gasteiger partial charge < -0.3 is 20.4 Å². The van der Waals surface area contributed by atoms with E-state index in [-0.39, 0.29) is 11.8 Å². The van der Waals surface area contributed by atoms with Crippen molar-refractivity contribution < 1.29 is 14.0 Å². The van der Waals surface area contributed by atoms with Gasteiger partial charge in [0.25, 0.3) is 0 Å². The third-order valence-corrected chi connectivity index (χ3v) is 4.47. The fourth-order valence-corrected chi connectivity index (χ4v) is 3.10. The number of hydrogen-bond donors (Lipinski definition) is 2. The van der Waals surface area contributed by atoms with Crippen molar-refractivity contribution in [3.8, 4) is 0 Å². The van der Waals surface area contributed by atoms with E-state index in [2.05, 4.69) is 5.32 Å². The van der Waals surface area contributed by atoms with Gasteiger partial charge >= 0.3 is 6.03 Å². The molecule has 0 spiro atoms. The molecule has 1 aliphatic heterocycles. The third-order valence-electron chi connectivity index (χ3n) is 4.47. The van der Waals surface area contributed by atoms with Gasteiger partial charge in [-0.05, 0) is 25.8 Å². The van der Waals surface area contributed by atoms with E-state index in [1.807, 2.05) is 31.2 Å². The molecule has 3 N–H and O–H groups in total. The van der Waals surface area contributed by atoms with Crippen molar-refractivity contribution in [1.82, 2.24) is 10.2 Å².